The molecule has 2 bridgehead atoms. The number of aryl methyl sites for hydroxylation is 1. The average molecular weight is 340 g/mol. The number of rotatable bonds is 2. The molecule has 0 radical (unpaired) electrons. The van der Waals surface area contributed by atoms with Crippen molar-refractivity contribution in [1.29, 1.82) is 0 Å². The summed E-state index contributed by atoms with van der Waals surface area (Å²) >= 11 is 0. The number of carbonyl (C=O) groups is 1. The van der Waals surface area contributed by atoms with Gasteiger partial charge in [-0.2, -0.15) is 0 Å². The molecule has 3 unspecified atom stereocenters. The third-order valence-electron chi connectivity index (χ3n) is 5.63. The lowest BCUT2D eigenvalue weighted by Gasteiger charge is -2.63. The molecule has 1 aromatic carbocycles. The zero-order valence-electron chi connectivity index (χ0n) is 14.4. The van der Waals surface area contributed by atoms with Crippen LogP contribution in [0.25, 0.3) is 11.4 Å². The molecule has 2 amide bonds. The van der Waals surface area contributed by atoms with Crippen LogP contribution < -0.4 is 5.73 Å². The van der Waals surface area contributed by atoms with Gasteiger partial charge >= 0.3 is 6.03 Å². The van der Waals surface area contributed by atoms with Gasteiger partial charge < -0.3 is 10.6 Å². The van der Waals surface area contributed by atoms with Gasteiger partial charge in [-0.25, -0.2) is 19.2 Å². The van der Waals surface area contributed by atoms with Crippen LogP contribution in [0.1, 0.15) is 37.3 Å². The molecule has 2 N–H and O–H groups in total. The van der Waals surface area contributed by atoms with Crippen LogP contribution in [0, 0.1) is 18.7 Å². The highest BCUT2D eigenvalue weighted by Gasteiger charge is 2.58. The Morgan fingerprint density at radius 1 is 1.32 bits per heavy atom. The van der Waals surface area contributed by atoms with Crippen molar-refractivity contribution in [2.45, 2.75) is 44.7 Å². The van der Waals surface area contributed by atoms with Crippen molar-refractivity contribution < 1.29 is 9.18 Å². The van der Waals surface area contributed by atoms with Crippen LogP contribution in [0.2, 0.25) is 0 Å². The van der Waals surface area contributed by atoms with Crippen LogP contribution in [-0.2, 0) is 5.54 Å². The molecule has 3 aliphatic rings. The number of hydrogen-bond donors (Lipinski definition) is 1. The summed E-state index contributed by atoms with van der Waals surface area (Å²) in [5.41, 5.74) is 8.26. The topological polar surface area (TPSA) is 72.1 Å². The molecule has 1 aromatic heterocycles. The van der Waals surface area contributed by atoms with Crippen molar-refractivity contribution in [2.24, 2.45) is 11.7 Å². The number of fused-ring (bicyclic) bond motifs is 2. The Kier molecular flexibility index (Phi) is 3.52. The van der Waals surface area contributed by atoms with Gasteiger partial charge in [-0.3, -0.25) is 0 Å². The fraction of sp³-hybridized carbons (Fsp3) is 0.421. The van der Waals surface area contributed by atoms with E-state index in [-0.39, 0.29) is 17.6 Å². The summed E-state index contributed by atoms with van der Waals surface area (Å²) in [7, 11) is 0. The molecule has 25 heavy (non-hydrogen) atoms. The number of benzene rings is 1. The molecule has 3 fully saturated rings. The van der Waals surface area contributed by atoms with Crippen LogP contribution >= 0.6 is 0 Å². The molecule has 2 saturated heterocycles. The van der Waals surface area contributed by atoms with Crippen LogP contribution in [0.3, 0.4) is 0 Å². The van der Waals surface area contributed by atoms with Crippen LogP contribution in [0.15, 0.2) is 30.6 Å². The monoisotopic (exact) mass is 340 g/mol. The van der Waals surface area contributed by atoms with Gasteiger partial charge in [0.25, 0.3) is 0 Å². The van der Waals surface area contributed by atoms with Gasteiger partial charge in [-0.15, -0.1) is 0 Å². The minimum Gasteiger partial charge on any atom is -0.351 e. The van der Waals surface area contributed by atoms with E-state index in [4.69, 9.17) is 5.73 Å². The molecule has 5 rings (SSSR count). The molecule has 1 saturated carbocycles. The van der Waals surface area contributed by atoms with E-state index in [2.05, 4.69) is 23.0 Å². The number of nitrogens with two attached hydrogens (primary N) is 1. The quantitative estimate of drug-likeness (QED) is 0.911. The third-order valence-corrected chi connectivity index (χ3v) is 5.63. The van der Waals surface area contributed by atoms with Gasteiger partial charge in [0.05, 0.1) is 17.9 Å². The summed E-state index contributed by atoms with van der Waals surface area (Å²) in [6, 6.07) is 5.98. The first-order valence-corrected chi connectivity index (χ1v) is 8.58. The van der Waals surface area contributed by atoms with Crippen molar-refractivity contribution >= 4 is 6.03 Å². The molecule has 130 valence electrons. The maximum Gasteiger partial charge on any atom is 0.315 e. The minimum absolute atomic E-state index is 0.230. The zero-order valence-corrected chi connectivity index (χ0v) is 14.4. The fourth-order valence-electron chi connectivity index (χ4n) is 4.68. The van der Waals surface area contributed by atoms with E-state index < -0.39 is 5.82 Å². The largest absolute Gasteiger partial charge is 0.351 e. The Labute approximate surface area is 146 Å². The highest BCUT2D eigenvalue weighted by molar-refractivity contribution is 5.76. The van der Waals surface area contributed by atoms with E-state index in [9.17, 15) is 9.18 Å². The van der Waals surface area contributed by atoms with E-state index in [1.54, 1.807) is 0 Å². The number of amides is 2. The van der Waals surface area contributed by atoms with Gasteiger partial charge in [0.15, 0.2) is 11.6 Å². The smallest absolute Gasteiger partial charge is 0.315 e. The number of piperidine rings is 1. The van der Waals surface area contributed by atoms with E-state index in [1.807, 2.05) is 24.0 Å². The number of carbonyl (C=O) groups excluding carboxylic acids is 1. The third kappa shape index (κ3) is 2.39. The first-order chi connectivity index (χ1) is 11.9. The molecular formula is C19H21FN4O. The maximum atomic E-state index is 13.1. The molecule has 2 aromatic rings. The maximum absolute atomic E-state index is 13.1. The summed E-state index contributed by atoms with van der Waals surface area (Å²) in [6.45, 7) is 4.19. The predicted molar refractivity (Wildman–Crippen MR) is 92.1 cm³/mol. The molecule has 1 aliphatic carbocycles. The average Bonchev–Trinajstić information content (AvgIpc) is 2.54. The number of primary amides is 1. The number of aromatic nitrogens is 2. The van der Waals surface area contributed by atoms with Gasteiger partial charge in [-0.1, -0.05) is 19.1 Å². The van der Waals surface area contributed by atoms with Crippen molar-refractivity contribution in [3.8, 4) is 11.4 Å². The van der Waals surface area contributed by atoms with E-state index >= 15 is 0 Å². The number of nitrogens with zero attached hydrogens (tertiary/aromatic N) is 3. The zero-order chi connectivity index (χ0) is 17.8. The normalized spacial score (nSPS) is 27.7. The summed E-state index contributed by atoms with van der Waals surface area (Å²) in [5.74, 6) is 0.572. The van der Waals surface area contributed by atoms with E-state index in [0.29, 0.717) is 11.7 Å². The standard InChI is InChI=1S/C19H21FN4O/c1-11-5-15-8-19(7-11,24(15)18(21)25)13-4-3-12(2)16(6-13)17-22-9-14(20)10-23-17/h3-4,6,9-11,15H,5,7-8H2,1-2H3,(H2,21,25). The van der Waals surface area contributed by atoms with Gasteiger partial charge in [-0.05, 0) is 49.3 Å². The first kappa shape index (κ1) is 16.0. The summed E-state index contributed by atoms with van der Waals surface area (Å²) < 4.78 is 13.1. The minimum atomic E-state index is -0.459. The molecule has 3 atom stereocenters. The van der Waals surface area contributed by atoms with Crippen molar-refractivity contribution in [2.75, 3.05) is 0 Å². The van der Waals surface area contributed by atoms with E-state index in [1.165, 1.54) is 12.4 Å². The summed E-state index contributed by atoms with van der Waals surface area (Å²) in [4.78, 5) is 22.1. The van der Waals surface area contributed by atoms with E-state index in [0.717, 1.165) is 36.0 Å². The Bertz CT molecular complexity index is 838. The lowest BCUT2D eigenvalue weighted by atomic mass is 9.61. The second kappa shape index (κ2) is 5.51. The fourth-order valence-corrected chi connectivity index (χ4v) is 4.68. The molecular weight excluding hydrogens is 319 g/mol. The number of urea groups is 1. The first-order valence-electron chi connectivity index (χ1n) is 8.58. The Balaban J connectivity index is 1.79. The van der Waals surface area contributed by atoms with Gasteiger partial charge in [0, 0.05) is 11.6 Å². The number of halogens is 1. The van der Waals surface area contributed by atoms with Gasteiger partial charge in [0.1, 0.15) is 0 Å². The Hall–Kier alpha value is -2.50. The Morgan fingerprint density at radius 3 is 2.72 bits per heavy atom. The molecule has 6 heteroatoms. The number of hydrogen-bond acceptors (Lipinski definition) is 3. The highest BCUT2D eigenvalue weighted by atomic mass is 19.1. The molecule has 0 spiro atoms. The second-order valence-corrected chi connectivity index (χ2v) is 7.40. The molecule has 2 aliphatic heterocycles. The molecule has 5 nitrogen and oxygen atoms in total. The van der Waals surface area contributed by atoms with Crippen LogP contribution in [0.5, 0.6) is 0 Å². The Morgan fingerprint density at radius 2 is 2.04 bits per heavy atom. The highest BCUT2D eigenvalue weighted by Crippen LogP contribution is 2.55. The summed E-state index contributed by atoms with van der Waals surface area (Å²) in [5, 5.41) is 0. The van der Waals surface area contributed by atoms with Crippen molar-refractivity contribution in [1.82, 2.24) is 14.9 Å². The molecule has 3 heterocycles. The SMILES string of the molecule is Cc1ccc(C23CC(C)CC(C2)N3C(N)=O)cc1-c1ncc(F)cn1. The second-order valence-electron chi connectivity index (χ2n) is 7.40. The van der Waals surface area contributed by atoms with Crippen LogP contribution in [0.4, 0.5) is 9.18 Å². The van der Waals surface area contributed by atoms with Crippen LogP contribution in [-0.4, -0.2) is 26.9 Å². The van der Waals surface area contributed by atoms with Crippen molar-refractivity contribution in [3.05, 3.63) is 47.5 Å². The predicted octanol–water partition coefficient (Wildman–Crippen LogP) is 3.37. The lowest BCUT2D eigenvalue weighted by molar-refractivity contribution is -0.0963. The van der Waals surface area contributed by atoms with Crippen molar-refractivity contribution in [3.63, 3.8) is 0 Å². The van der Waals surface area contributed by atoms with Gasteiger partial charge in [0.2, 0.25) is 0 Å². The summed E-state index contributed by atoms with van der Waals surface area (Å²) in [6.07, 6.45) is 5.19. The lowest BCUT2D eigenvalue weighted by Crippen LogP contribution is -2.70.